The molecule has 0 bridgehead atoms. The summed E-state index contributed by atoms with van der Waals surface area (Å²) in [6, 6.07) is 11.3. The van der Waals surface area contributed by atoms with Gasteiger partial charge in [-0.05, 0) is 29.7 Å². The summed E-state index contributed by atoms with van der Waals surface area (Å²) in [5, 5.41) is 9.60. The van der Waals surface area contributed by atoms with Gasteiger partial charge in [0.2, 0.25) is 0 Å². The monoisotopic (exact) mass is 277 g/mol. The molecular formula is C15H16ClNO2. The van der Waals surface area contributed by atoms with Gasteiger partial charge in [-0.2, -0.15) is 0 Å². The molecule has 2 aromatic rings. The minimum absolute atomic E-state index is 0.0809. The highest BCUT2D eigenvalue weighted by Gasteiger charge is 2.09. The molecule has 19 heavy (non-hydrogen) atoms. The van der Waals surface area contributed by atoms with E-state index in [0.717, 1.165) is 16.7 Å². The van der Waals surface area contributed by atoms with E-state index in [9.17, 15) is 0 Å². The zero-order valence-electron chi connectivity index (χ0n) is 10.7. The molecule has 0 saturated heterocycles. The van der Waals surface area contributed by atoms with Gasteiger partial charge in [-0.25, -0.2) is 0 Å². The predicted octanol–water partition coefficient (Wildman–Crippen LogP) is 3.13. The SMILES string of the molecule is COc1cc(-c2cccc(CCO)c2N)ccc1Cl. The van der Waals surface area contributed by atoms with E-state index in [0.29, 0.717) is 22.9 Å². The number of para-hydroxylation sites is 1. The Bertz CT molecular complexity index is 584. The summed E-state index contributed by atoms with van der Waals surface area (Å²) in [4.78, 5) is 0. The van der Waals surface area contributed by atoms with E-state index in [4.69, 9.17) is 27.2 Å². The number of benzene rings is 2. The maximum Gasteiger partial charge on any atom is 0.138 e. The van der Waals surface area contributed by atoms with Gasteiger partial charge in [0.15, 0.2) is 0 Å². The summed E-state index contributed by atoms with van der Waals surface area (Å²) in [7, 11) is 1.58. The fraction of sp³-hybridized carbons (Fsp3) is 0.200. The van der Waals surface area contributed by atoms with Crippen LogP contribution in [0.3, 0.4) is 0 Å². The van der Waals surface area contributed by atoms with Gasteiger partial charge < -0.3 is 15.6 Å². The zero-order valence-corrected chi connectivity index (χ0v) is 11.4. The van der Waals surface area contributed by atoms with Crippen LogP contribution < -0.4 is 10.5 Å². The maximum atomic E-state index is 9.03. The molecule has 0 aromatic heterocycles. The molecule has 0 amide bonds. The predicted molar refractivity (Wildman–Crippen MR) is 78.6 cm³/mol. The Kier molecular flexibility index (Phi) is 4.30. The van der Waals surface area contributed by atoms with Crippen molar-refractivity contribution in [3.63, 3.8) is 0 Å². The standard InChI is InChI=1S/C15H16ClNO2/c1-19-14-9-11(5-6-13(14)16)12-4-2-3-10(7-8-18)15(12)17/h2-6,9,18H,7-8,17H2,1H3. The second-order valence-electron chi connectivity index (χ2n) is 4.20. The van der Waals surface area contributed by atoms with Crippen LogP contribution in [0.25, 0.3) is 11.1 Å². The zero-order chi connectivity index (χ0) is 13.8. The molecule has 4 heteroatoms. The van der Waals surface area contributed by atoms with E-state index < -0.39 is 0 Å². The Labute approximate surface area is 117 Å². The third-order valence-corrected chi connectivity index (χ3v) is 3.35. The van der Waals surface area contributed by atoms with Crippen molar-refractivity contribution in [1.29, 1.82) is 0 Å². The first-order valence-electron chi connectivity index (χ1n) is 5.99. The van der Waals surface area contributed by atoms with Gasteiger partial charge >= 0.3 is 0 Å². The average Bonchev–Trinajstić information content (AvgIpc) is 2.42. The van der Waals surface area contributed by atoms with Gasteiger partial charge in [-0.15, -0.1) is 0 Å². The molecule has 0 heterocycles. The van der Waals surface area contributed by atoms with Crippen molar-refractivity contribution in [2.24, 2.45) is 0 Å². The molecule has 3 nitrogen and oxygen atoms in total. The van der Waals surface area contributed by atoms with Crippen molar-refractivity contribution in [1.82, 2.24) is 0 Å². The topological polar surface area (TPSA) is 55.5 Å². The fourth-order valence-corrected chi connectivity index (χ4v) is 2.23. The molecule has 0 radical (unpaired) electrons. The number of hydrogen-bond acceptors (Lipinski definition) is 3. The van der Waals surface area contributed by atoms with Crippen LogP contribution in [0, 0.1) is 0 Å². The van der Waals surface area contributed by atoms with Crippen LogP contribution in [-0.2, 0) is 6.42 Å². The number of methoxy groups -OCH3 is 1. The number of rotatable bonds is 4. The maximum absolute atomic E-state index is 9.03. The van der Waals surface area contributed by atoms with Gasteiger partial charge in [0, 0.05) is 17.9 Å². The molecule has 0 aliphatic rings. The second kappa shape index (κ2) is 5.95. The first kappa shape index (κ1) is 13.7. The number of aliphatic hydroxyl groups is 1. The van der Waals surface area contributed by atoms with E-state index in [-0.39, 0.29) is 6.61 Å². The van der Waals surface area contributed by atoms with Gasteiger partial charge in [0.25, 0.3) is 0 Å². The lowest BCUT2D eigenvalue weighted by Crippen LogP contribution is -1.99. The van der Waals surface area contributed by atoms with E-state index in [1.54, 1.807) is 13.2 Å². The highest BCUT2D eigenvalue weighted by atomic mass is 35.5. The number of nitrogen functional groups attached to an aromatic ring is 1. The Hall–Kier alpha value is -1.71. The Morgan fingerprint density at radius 3 is 2.74 bits per heavy atom. The number of hydrogen-bond donors (Lipinski definition) is 2. The molecular weight excluding hydrogens is 262 g/mol. The molecule has 0 aliphatic heterocycles. The minimum atomic E-state index is 0.0809. The Morgan fingerprint density at radius 1 is 1.26 bits per heavy atom. The second-order valence-corrected chi connectivity index (χ2v) is 4.61. The van der Waals surface area contributed by atoms with Crippen LogP contribution in [0.1, 0.15) is 5.56 Å². The molecule has 0 atom stereocenters. The van der Waals surface area contributed by atoms with Crippen molar-refractivity contribution in [2.45, 2.75) is 6.42 Å². The van der Waals surface area contributed by atoms with E-state index in [1.807, 2.05) is 30.3 Å². The lowest BCUT2D eigenvalue weighted by Gasteiger charge is -2.12. The summed E-state index contributed by atoms with van der Waals surface area (Å²) in [5.41, 5.74) is 9.63. The van der Waals surface area contributed by atoms with Crippen molar-refractivity contribution in [2.75, 3.05) is 19.5 Å². The van der Waals surface area contributed by atoms with E-state index in [2.05, 4.69) is 0 Å². The van der Waals surface area contributed by atoms with Crippen molar-refractivity contribution >= 4 is 17.3 Å². The Morgan fingerprint density at radius 2 is 2.05 bits per heavy atom. The van der Waals surface area contributed by atoms with Crippen LogP contribution >= 0.6 is 11.6 Å². The summed E-state index contributed by atoms with van der Waals surface area (Å²) >= 11 is 6.02. The third kappa shape index (κ3) is 2.83. The molecule has 0 spiro atoms. The smallest absolute Gasteiger partial charge is 0.138 e. The summed E-state index contributed by atoms with van der Waals surface area (Å²) in [5.74, 6) is 0.617. The number of ether oxygens (including phenoxy) is 1. The van der Waals surface area contributed by atoms with E-state index >= 15 is 0 Å². The van der Waals surface area contributed by atoms with Crippen LogP contribution in [0.4, 0.5) is 5.69 Å². The summed E-state index contributed by atoms with van der Waals surface area (Å²) in [6.45, 7) is 0.0809. The molecule has 0 aliphatic carbocycles. The highest BCUT2D eigenvalue weighted by molar-refractivity contribution is 6.32. The van der Waals surface area contributed by atoms with Gasteiger partial charge in [0.1, 0.15) is 5.75 Å². The molecule has 2 rings (SSSR count). The lowest BCUT2D eigenvalue weighted by molar-refractivity contribution is 0.300. The van der Waals surface area contributed by atoms with Gasteiger partial charge in [-0.3, -0.25) is 0 Å². The first-order valence-corrected chi connectivity index (χ1v) is 6.37. The number of anilines is 1. The van der Waals surface area contributed by atoms with Crippen LogP contribution in [-0.4, -0.2) is 18.8 Å². The fourth-order valence-electron chi connectivity index (χ4n) is 2.03. The van der Waals surface area contributed by atoms with E-state index in [1.165, 1.54) is 0 Å². The first-order chi connectivity index (χ1) is 9.17. The number of nitrogens with two attached hydrogens (primary N) is 1. The summed E-state index contributed by atoms with van der Waals surface area (Å²) < 4.78 is 5.21. The molecule has 3 N–H and O–H groups in total. The normalized spacial score (nSPS) is 10.5. The average molecular weight is 278 g/mol. The molecule has 100 valence electrons. The summed E-state index contributed by atoms with van der Waals surface area (Å²) in [6.07, 6.45) is 0.546. The highest BCUT2D eigenvalue weighted by Crippen LogP contribution is 2.34. The van der Waals surface area contributed by atoms with Crippen LogP contribution in [0.2, 0.25) is 5.02 Å². The van der Waals surface area contributed by atoms with Crippen LogP contribution in [0.5, 0.6) is 5.75 Å². The molecule has 2 aromatic carbocycles. The molecule has 0 saturated carbocycles. The number of halogens is 1. The largest absolute Gasteiger partial charge is 0.495 e. The van der Waals surface area contributed by atoms with Gasteiger partial charge in [-0.1, -0.05) is 35.9 Å². The molecule has 0 fully saturated rings. The van der Waals surface area contributed by atoms with Gasteiger partial charge in [0.05, 0.1) is 12.1 Å². The van der Waals surface area contributed by atoms with Crippen molar-refractivity contribution < 1.29 is 9.84 Å². The minimum Gasteiger partial charge on any atom is -0.495 e. The quantitative estimate of drug-likeness (QED) is 0.844. The number of aliphatic hydroxyl groups excluding tert-OH is 1. The van der Waals surface area contributed by atoms with Crippen molar-refractivity contribution in [3.05, 3.63) is 47.0 Å². The van der Waals surface area contributed by atoms with Crippen LogP contribution in [0.15, 0.2) is 36.4 Å². The van der Waals surface area contributed by atoms with Crippen molar-refractivity contribution in [3.8, 4) is 16.9 Å². The third-order valence-electron chi connectivity index (χ3n) is 3.04. The molecule has 0 unspecified atom stereocenters. The lowest BCUT2D eigenvalue weighted by atomic mass is 9.99. The Balaban J connectivity index is 2.49.